The van der Waals surface area contributed by atoms with E-state index >= 15 is 0 Å². The van der Waals surface area contributed by atoms with Crippen molar-refractivity contribution in [3.8, 4) is 0 Å². The lowest BCUT2D eigenvalue weighted by Crippen LogP contribution is -2.44. The average molecular weight is 341 g/mol. The number of nitrogens with one attached hydrogen (secondary N) is 1. The largest absolute Gasteiger partial charge is 0.379 e. The molecule has 25 heavy (non-hydrogen) atoms. The first kappa shape index (κ1) is 16.2. The molecule has 0 bridgehead atoms. The van der Waals surface area contributed by atoms with E-state index in [0.717, 1.165) is 42.9 Å². The lowest BCUT2D eigenvalue weighted by atomic mass is 10.1. The van der Waals surface area contributed by atoms with Crippen LogP contribution in [-0.2, 0) is 28.9 Å². The van der Waals surface area contributed by atoms with Crippen LogP contribution in [0.25, 0.3) is 0 Å². The molecular weight excluding hydrogens is 318 g/mol. The van der Waals surface area contributed by atoms with Gasteiger partial charge in [-0.25, -0.2) is 4.98 Å². The summed E-state index contributed by atoms with van der Waals surface area (Å²) in [6.45, 7) is 1.74. The molecule has 0 radical (unpaired) electrons. The van der Waals surface area contributed by atoms with Crippen molar-refractivity contribution >= 4 is 11.8 Å². The Kier molecular flexibility index (Phi) is 4.76. The lowest BCUT2D eigenvalue weighted by molar-refractivity contribution is -0.0645. The molecule has 0 amide bonds. The van der Waals surface area contributed by atoms with Gasteiger partial charge in [-0.1, -0.05) is 6.07 Å². The van der Waals surface area contributed by atoms with Gasteiger partial charge in [0.25, 0.3) is 0 Å². The van der Waals surface area contributed by atoms with E-state index in [1.165, 1.54) is 5.56 Å². The normalized spacial score (nSPS) is 22.6. The molecule has 1 aliphatic carbocycles. The molecule has 0 aromatic carbocycles. The predicted molar refractivity (Wildman–Crippen MR) is 94.1 cm³/mol. The van der Waals surface area contributed by atoms with Gasteiger partial charge in [-0.2, -0.15) is 4.98 Å². The minimum atomic E-state index is -0.0519. The molecule has 7 nitrogen and oxygen atoms in total. The number of pyridine rings is 1. The zero-order valence-corrected chi connectivity index (χ0v) is 14.1. The van der Waals surface area contributed by atoms with Crippen molar-refractivity contribution in [2.75, 3.05) is 24.3 Å². The fourth-order valence-electron chi connectivity index (χ4n) is 3.46. The number of hydrogen-bond acceptors (Lipinski definition) is 7. The molecule has 2 atom stereocenters. The Balaban J connectivity index is 1.46. The van der Waals surface area contributed by atoms with Crippen molar-refractivity contribution in [3.05, 3.63) is 41.3 Å². The summed E-state index contributed by atoms with van der Waals surface area (Å²) in [4.78, 5) is 13.1. The highest BCUT2D eigenvalue weighted by molar-refractivity contribution is 5.52. The molecule has 1 fully saturated rings. The summed E-state index contributed by atoms with van der Waals surface area (Å²) >= 11 is 0. The zero-order chi connectivity index (χ0) is 17.1. The molecule has 1 aliphatic heterocycles. The van der Waals surface area contributed by atoms with Gasteiger partial charge < -0.3 is 20.5 Å². The van der Waals surface area contributed by atoms with E-state index in [2.05, 4.69) is 20.3 Å². The molecule has 2 aliphatic rings. The first-order valence-electron chi connectivity index (χ1n) is 8.80. The SMILES string of the molecule is Nc1nc2c(c(N[C@@H]3CCOC[C@H]3OCc3ccccn3)n1)CCC2. The van der Waals surface area contributed by atoms with Crippen LogP contribution >= 0.6 is 0 Å². The standard InChI is InChI=1S/C18H23N5O2/c19-18-22-14-6-3-5-13(14)17(23-18)21-15-7-9-24-11-16(15)25-10-12-4-1-2-8-20-12/h1-2,4,8,15-16H,3,5-7,9-11H2,(H3,19,21,22,23)/t15-,16-/m1/s1. The number of rotatable bonds is 5. The zero-order valence-electron chi connectivity index (χ0n) is 14.1. The molecule has 132 valence electrons. The van der Waals surface area contributed by atoms with Crippen LogP contribution < -0.4 is 11.1 Å². The smallest absolute Gasteiger partial charge is 0.222 e. The minimum absolute atomic E-state index is 0.0519. The fourth-order valence-corrected chi connectivity index (χ4v) is 3.46. The van der Waals surface area contributed by atoms with Gasteiger partial charge in [0.05, 0.1) is 30.6 Å². The van der Waals surface area contributed by atoms with Crippen molar-refractivity contribution in [2.45, 2.75) is 44.4 Å². The van der Waals surface area contributed by atoms with Crippen LogP contribution in [0.3, 0.4) is 0 Å². The fraction of sp³-hybridized carbons (Fsp3) is 0.500. The minimum Gasteiger partial charge on any atom is -0.379 e. The molecule has 1 saturated heterocycles. The molecule has 4 rings (SSSR count). The van der Waals surface area contributed by atoms with Crippen LogP contribution in [0.4, 0.5) is 11.8 Å². The van der Waals surface area contributed by atoms with E-state index in [1.54, 1.807) is 6.20 Å². The van der Waals surface area contributed by atoms with Crippen LogP contribution in [0.2, 0.25) is 0 Å². The number of nitrogen functional groups attached to an aromatic ring is 1. The van der Waals surface area contributed by atoms with Gasteiger partial charge in [0.2, 0.25) is 5.95 Å². The number of hydrogen-bond donors (Lipinski definition) is 2. The average Bonchev–Trinajstić information content (AvgIpc) is 3.10. The monoisotopic (exact) mass is 341 g/mol. The topological polar surface area (TPSA) is 95.2 Å². The van der Waals surface area contributed by atoms with Crippen LogP contribution in [-0.4, -0.2) is 40.3 Å². The summed E-state index contributed by atoms with van der Waals surface area (Å²) in [7, 11) is 0. The van der Waals surface area contributed by atoms with Gasteiger partial charge in [-0.3, -0.25) is 4.98 Å². The number of anilines is 2. The molecule has 7 heteroatoms. The quantitative estimate of drug-likeness (QED) is 0.855. The van der Waals surface area contributed by atoms with Crippen molar-refractivity contribution in [1.29, 1.82) is 0 Å². The van der Waals surface area contributed by atoms with Crippen molar-refractivity contribution in [3.63, 3.8) is 0 Å². The summed E-state index contributed by atoms with van der Waals surface area (Å²) in [5, 5.41) is 3.55. The molecular formula is C18H23N5O2. The Bertz CT molecular complexity index is 725. The van der Waals surface area contributed by atoms with Crippen molar-refractivity contribution in [2.24, 2.45) is 0 Å². The maximum atomic E-state index is 6.08. The van der Waals surface area contributed by atoms with Crippen LogP contribution in [0, 0.1) is 0 Å². The Morgan fingerprint density at radius 1 is 1.28 bits per heavy atom. The van der Waals surface area contributed by atoms with Gasteiger partial charge in [0, 0.05) is 18.4 Å². The molecule has 3 heterocycles. The van der Waals surface area contributed by atoms with Gasteiger partial charge in [-0.05, 0) is 37.8 Å². The molecule has 0 saturated carbocycles. The summed E-state index contributed by atoms with van der Waals surface area (Å²) in [6.07, 6.45) is 5.67. The Hall–Kier alpha value is -2.25. The lowest BCUT2D eigenvalue weighted by Gasteiger charge is -2.32. The van der Waals surface area contributed by atoms with Gasteiger partial charge in [-0.15, -0.1) is 0 Å². The van der Waals surface area contributed by atoms with Gasteiger partial charge >= 0.3 is 0 Å². The van der Waals surface area contributed by atoms with E-state index in [1.807, 2.05) is 18.2 Å². The number of aryl methyl sites for hydroxylation is 1. The summed E-state index contributed by atoms with van der Waals surface area (Å²) < 4.78 is 11.7. The highest BCUT2D eigenvalue weighted by Gasteiger charge is 2.29. The number of fused-ring (bicyclic) bond motifs is 1. The molecule has 2 aromatic rings. The van der Waals surface area contributed by atoms with E-state index in [0.29, 0.717) is 25.8 Å². The number of nitrogens with zero attached hydrogens (tertiary/aromatic N) is 3. The van der Waals surface area contributed by atoms with Crippen molar-refractivity contribution in [1.82, 2.24) is 15.0 Å². The molecule has 0 unspecified atom stereocenters. The van der Waals surface area contributed by atoms with Gasteiger partial charge in [0.15, 0.2) is 0 Å². The molecule has 0 spiro atoms. The summed E-state index contributed by atoms with van der Waals surface area (Å²) in [6, 6.07) is 5.96. The molecule has 3 N–H and O–H groups in total. The maximum Gasteiger partial charge on any atom is 0.222 e. The maximum absolute atomic E-state index is 6.08. The van der Waals surface area contributed by atoms with E-state index in [-0.39, 0.29) is 12.1 Å². The highest BCUT2D eigenvalue weighted by Crippen LogP contribution is 2.28. The Morgan fingerprint density at radius 3 is 3.12 bits per heavy atom. The highest BCUT2D eigenvalue weighted by atomic mass is 16.5. The predicted octanol–water partition coefficient (Wildman–Crippen LogP) is 1.73. The summed E-state index contributed by atoms with van der Waals surface area (Å²) in [5.74, 6) is 1.19. The molecule has 2 aromatic heterocycles. The van der Waals surface area contributed by atoms with E-state index < -0.39 is 0 Å². The second-order valence-electron chi connectivity index (χ2n) is 6.49. The van der Waals surface area contributed by atoms with E-state index in [4.69, 9.17) is 15.2 Å². The van der Waals surface area contributed by atoms with Crippen LogP contribution in [0.1, 0.15) is 29.8 Å². The number of ether oxygens (including phenoxy) is 2. The van der Waals surface area contributed by atoms with Crippen LogP contribution in [0.15, 0.2) is 24.4 Å². The second kappa shape index (κ2) is 7.33. The first-order chi connectivity index (χ1) is 12.3. The Labute approximate surface area is 147 Å². The van der Waals surface area contributed by atoms with E-state index in [9.17, 15) is 0 Å². The third-order valence-corrected chi connectivity index (χ3v) is 4.75. The van der Waals surface area contributed by atoms with Crippen molar-refractivity contribution < 1.29 is 9.47 Å². The summed E-state index contributed by atoms with van der Waals surface area (Å²) in [5.41, 5.74) is 9.07. The Morgan fingerprint density at radius 2 is 2.24 bits per heavy atom. The third-order valence-electron chi connectivity index (χ3n) is 4.75. The second-order valence-corrected chi connectivity index (χ2v) is 6.49. The number of aromatic nitrogens is 3. The third kappa shape index (κ3) is 3.72. The van der Waals surface area contributed by atoms with Gasteiger partial charge in [0.1, 0.15) is 11.9 Å². The first-order valence-corrected chi connectivity index (χ1v) is 8.80. The van der Waals surface area contributed by atoms with Crippen LogP contribution in [0.5, 0.6) is 0 Å². The number of nitrogens with two attached hydrogens (primary N) is 1.